The molecule has 6 heteroatoms. The second-order valence-electron chi connectivity index (χ2n) is 4.57. The molecular weight excluding hydrogens is 340 g/mol. The molecule has 0 aromatic heterocycles. The number of benzene rings is 3. The van der Waals surface area contributed by atoms with Crippen LogP contribution in [0.3, 0.4) is 0 Å². The Hall–Kier alpha value is -1.53. The Labute approximate surface area is 138 Å². The molecule has 0 N–H and O–H groups in total. The molecule has 3 aromatic carbocycles. The van der Waals surface area contributed by atoms with Gasteiger partial charge >= 0.3 is 10.1 Å². The summed E-state index contributed by atoms with van der Waals surface area (Å²) in [5.74, 6) is 0. The molecule has 0 aliphatic rings. The third-order valence-electron chi connectivity index (χ3n) is 3.04. The molecule has 0 aliphatic heterocycles. The van der Waals surface area contributed by atoms with Gasteiger partial charge in [-0.1, -0.05) is 41.9 Å². The first kappa shape index (κ1) is 15.4. The normalized spacial score (nSPS) is 11.7. The predicted octanol–water partition coefficient (Wildman–Crippen LogP) is 4.91. The molecule has 3 rings (SSSR count). The molecule has 0 heterocycles. The van der Waals surface area contributed by atoms with Gasteiger partial charge in [0.1, 0.15) is 0 Å². The van der Waals surface area contributed by atoms with Crippen LogP contribution in [0, 0.1) is 0 Å². The Morgan fingerprint density at radius 2 is 1.55 bits per heavy atom. The van der Waals surface area contributed by atoms with E-state index in [1.165, 1.54) is 24.3 Å². The molecule has 0 aliphatic carbocycles. The molecular formula is C16H11ClO3S2. The van der Waals surface area contributed by atoms with Crippen LogP contribution < -0.4 is 0 Å². The third kappa shape index (κ3) is 3.44. The van der Waals surface area contributed by atoms with Crippen LogP contribution in [0.2, 0.25) is 5.02 Å². The molecule has 0 bridgehead atoms. The third-order valence-corrected chi connectivity index (χ3v) is 5.58. The molecule has 0 unspecified atom stereocenters. The zero-order valence-electron chi connectivity index (χ0n) is 11.3. The lowest BCUT2D eigenvalue weighted by molar-refractivity contribution is 0.518. The second-order valence-corrected chi connectivity index (χ2v) is 7.57. The number of halogens is 1. The van der Waals surface area contributed by atoms with Crippen molar-refractivity contribution < 1.29 is 12.0 Å². The summed E-state index contributed by atoms with van der Waals surface area (Å²) in [7, 11) is -3.82. The van der Waals surface area contributed by atoms with E-state index in [9.17, 15) is 8.42 Å². The van der Waals surface area contributed by atoms with E-state index in [4.69, 9.17) is 15.2 Å². The average Bonchev–Trinajstić information content (AvgIpc) is 2.53. The molecule has 22 heavy (non-hydrogen) atoms. The van der Waals surface area contributed by atoms with Crippen LogP contribution in [-0.4, -0.2) is 8.42 Å². The molecule has 0 saturated carbocycles. The van der Waals surface area contributed by atoms with Crippen LogP contribution in [0.1, 0.15) is 0 Å². The van der Waals surface area contributed by atoms with E-state index in [1.807, 2.05) is 42.5 Å². The second kappa shape index (κ2) is 6.30. The molecule has 3 nitrogen and oxygen atoms in total. The minimum absolute atomic E-state index is 0.0742. The first-order valence-electron chi connectivity index (χ1n) is 6.40. The highest BCUT2D eigenvalue weighted by Gasteiger charge is 2.16. The van der Waals surface area contributed by atoms with E-state index in [2.05, 4.69) is 0 Å². The van der Waals surface area contributed by atoms with Gasteiger partial charge in [0, 0.05) is 9.92 Å². The van der Waals surface area contributed by atoms with Gasteiger partial charge in [-0.3, -0.25) is 0 Å². The van der Waals surface area contributed by atoms with Crippen molar-refractivity contribution in [2.75, 3.05) is 0 Å². The van der Waals surface area contributed by atoms with Crippen molar-refractivity contribution in [3.63, 3.8) is 0 Å². The van der Waals surface area contributed by atoms with E-state index in [-0.39, 0.29) is 4.90 Å². The van der Waals surface area contributed by atoms with E-state index < -0.39 is 10.1 Å². The Morgan fingerprint density at radius 3 is 2.27 bits per heavy atom. The topological polar surface area (TPSA) is 43.4 Å². The van der Waals surface area contributed by atoms with Crippen molar-refractivity contribution >= 4 is 44.5 Å². The molecule has 0 saturated heterocycles. The van der Waals surface area contributed by atoms with Crippen molar-refractivity contribution in [3.8, 4) is 0 Å². The predicted molar refractivity (Wildman–Crippen MR) is 89.5 cm³/mol. The Bertz CT molecular complexity index is 906. The molecule has 0 fully saturated rings. The van der Waals surface area contributed by atoms with E-state index in [0.29, 0.717) is 5.02 Å². The van der Waals surface area contributed by atoms with Gasteiger partial charge in [0.2, 0.25) is 0 Å². The number of hydrogen-bond acceptors (Lipinski definition) is 4. The Kier molecular flexibility index (Phi) is 4.40. The Morgan fingerprint density at radius 1 is 0.864 bits per heavy atom. The quantitative estimate of drug-likeness (QED) is 0.627. The monoisotopic (exact) mass is 350 g/mol. The van der Waals surface area contributed by atoms with Crippen molar-refractivity contribution in [2.45, 2.75) is 9.79 Å². The highest BCUT2D eigenvalue weighted by Crippen LogP contribution is 2.28. The molecule has 0 radical (unpaired) electrons. The van der Waals surface area contributed by atoms with Gasteiger partial charge in [-0.05, 0) is 47.2 Å². The zero-order chi connectivity index (χ0) is 15.6. The fourth-order valence-corrected chi connectivity index (χ4v) is 3.82. The van der Waals surface area contributed by atoms with Crippen LogP contribution in [-0.2, 0) is 13.7 Å². The first-order chi connectivity index (χ1) is 10.5. The number of hydrogen-bond donors (Lipinski definition) is 0. The SMILES string of the molecule is O=S(=O)(OSc1ccc2ccccc2c1)c1ccc(Cl)cc1. The Balaban J connectivity index is 1.79. The summed E-state index contributed by atoms with van der Waals surface area (Å²) < 4.78 is 29.2. The molecule has 0 amide bonds. The lowest BCUT2D eigenvalue weighted by Crippen LogP contribution is -2.01. The van der Waals surface area contributed by atoms with Crippen molar-refractivity contribution in [1.29, 1.82) is 0 Å². The molecule has 3 aromatic rings. The van der Waals surface area contributed by atoms with Crippen molar-refractivity contribution in [3.05, 3.63) is 71.8 Å². The van der Waals surface area contributed by atoms with Gasteiger partial charge in [0.05, 0.1) is 16.9 Å². The van der Waals surface area contributed by atoms with E-state index >= 15 is 0 Å². The summed E-state index contributed by atoms with van der Waals surface area (Å²) in [5.41, 5.74) is 0. The van der Waals surface area contributed by atoms with Crippen LogP contribution in [0.4, 0.5) is 0 Å². The fraction of sp³-hybridized carbons (Fsp3) is 0. The van der Waals surface area contributed by atoms with Crippen molar-refractivity contribution in [1.82, 2.24) is 0 Å². The van der Waals surface area contributed by atoms with Crippen LogP contribution in [0.5, 0.6) is 0 Å². The largest absolute Gasteiger partial charge is 0.308 e. The maximum Gasteiger partial charge on any atom is 0.308 e. The lowest BCUT2D eigenvalue weighted by atomic mass is 10.1. The summed E-state index contributed by atoms with van der Waals surface area (Å²) in [5, 5.41) is 2.59. The summed E-state index contributed by atoms with van der Waals surface area (Å²) in [6.07, 6.45) is 0. The smallest absolute Gasteiger partial charge is 0.193 e. The van der Waals surface area contributed by atoms with Crippen LogP contribution in [0.25, 0.3) is 10.8 Å². The summed E-state index contributed by atoms with van der Waals surface area (Å²) in [6.45, 7) is 0. The van der Waals surface area contributed by atoms with Gasteiger partial charge < -0.3 is 0 Å². The van der Waals surface area contributed by atoms with Gasteiger partial charge in [0.15, 0.2) is 0 Å². The van der Waals surface area contributed by atoms with Gasteiger partial charge in [-0.15, -0.1) is 0 Å². The standard InChI is InChI=1S/C16H11ClO3S2/c17-14-6-9-16(10-7-14)22(18,19)20-21-15-8-5-12-3-1-2-4-13(12)11-15/h1-11H. The highest BCUT2D eigenvalue weighted by atomic mass is 35.5. The minimum Gasteiger partial charge on any atom is -0.193 e. The summed E-state index contributed by atoms with van der Waals surface area (Å²) in [6, 6.07) is 19.3. The highest BCUT2D eigenvalue weighted by molar-refractivity contribution is 8.04. The summed E-state index contributed by atoms with van der Waals surface area (Å²) in [4.78, 5) is 0.793. The number of fused-ring (bicyclic) bond motifs is 1. The molecule has 112 valence electrons. The zero-order valence-corrected chi connectivity index (χ0v) is 13.7. The van der Waals surface area contributed by atoms with Gasteiger partial charge in [0.25, 0.3) is 0 Å². The van der Waals surface area contributed by atoms with Crippen molar-refractivity contribution in [2.24, 2.45) is 0 Å². The average molecular weight is 351 g/mol. The maximum atomic E-state index is 12.1. The molecule has 0 spiro atoms. The van der Waals surface area contributed by atoms with E-state index in [1.54, 1.807) is 0 Å². The lowest BCUT2D eigenvalue weighted by Gasteiger charge is -2.05. The van der Waals surface area contributed by atoms with Crippen LogP contribution in [0.15, 0.2) is 76.5 Å². The van der Waals surface area contributed by atoms with Gasteiger partial charge in [-0.2, -0.15) is 12.0 Å². The number of rotatable bonds is 4. The fourth-order valence-electron chi connectivity index (χ4n) is 1.94. The first-order valence-corrected chi connectivity index (χ1v) is 8.93. The van der Waals surface area contributed by atoms with E-state index in [0.717, 1.165) is 27.7 Å². The molecule has 0 atom stereocenters. The summed E-state index contributed by atoms with van der Waals surface area (Å²) >= 11 is 6.57. The minimum atomic E-state index is -3.82. The van der Waals surface area contributed by atoms with Gasteiger partial charge in [-0.25, -0.2) is 0 Å². The van der Waals surface area contributed by atoms with Crippen LogP contribution >= 0.6 is 23.6 Å². The maximum absolute atomic E-state index is 12.1.